The zero-order chi connectivity index (χ0) is 18.3. The predicted molar refractivity (Wildman–Crippen MR) is 99.1 cm³/mol. The van der Waals surface area contributed by atoms with Crippen molar-refractivity contribution in [3.05, 3.63) is 62.6 Å². The van der Waals surface area contributed by atoms with E-state index in [0.717, 1.165) is 24.1 Å². The highest BCUT2D eigenvalue weighted by Gasteiger charge is 2.37. The van der Waals surface area contributed by atoms with Crippen molar-refractivity contribution in [3.8, 4) is 6.07 Å². The number of anilines is 1. The number of H-pyrrole nitrogens is 1. The summed E-state index contributed by atoms with van der Waals surface area (Å²) in [7, 11) is 0. The third-order valence-corrected chi connectivity index (χ3v) is 5.38. The van der Waals surface area contributed by atoms with Crippen molar-refractivity contribution in [1.29, 1.82) is 5.26 Å². The molecule has 2 heterocycles. The van der Waals surface area contributed by atoms with E-state index in [2.05, 4.69) is 21.4 Å². The van der Waals surface area contributed by atoms with Crippen molar-refractivity contribution < 1.29 is 4.79 Å². The molecule has 4 rings (SSSR count). The third-order valence-electron chi connectivity index (χ3n) is 4.80. The number of hydrogen-bond donors (Lipinski definition) is 2. The molecular formula is C19H16N4O2S. The molecule has 1 atom stereocenters. The van der Waals surface area contributed by atoms with Crippen LogP contribution in [0, 0.1) is 11.3 Å². The average molecular weight is 364 g/mol. The van der Waals surface area contributed by atoms with Gasteiger partial charge in [-0.1, -0.05) is 23.9 Å². The van der Waals surface area contributed by atoms with E-state index in [4.69, 9.17) is 5.26 Å². The number of nitrogens with one attached hydrogen (secondary N) is 2. The number of fused-ring (bicyclic) bond motifs is 1. The number of aromatic nitrogens is 2. The highest BCUT2D eigenvalue weighted by Crippen LogP contribution is 2.43. The normalized spacial score (nSPS) is 18.6. The number of nitrogens with zero attached hydrogens (tertiary/aromatic N) is 2. The van der Waals surface area contributed by atoms with Crippen LogP contribution in [0.5, 0.6) is 0 Å². The molecule has 0 radical (unpaired) electrons. The van der Waals surface area contributed by atoms with Gasteiger partial charge in [-0.05, 0) is 36.8 Å². The zero-order valence-corrected chi connectivity index (χ0v) is 14.9. The Bertz CT molecular complexity index is 1030. The van der Waals surface area contributed by atoms with Gasteiger partial charge in [0.05, 0.1) is 17.2 Å². The fourth-order valence-electron chi connectivity index (χ4n) is 3.62. The number of rotatable bonds is 2. The summed E-state index contributed by atoms with van der Waals surface area (Å²) < 4.78 is 0. The van der Waals surface area contributed by atoms with Crippen LogP contribution in [0.4, 0.5) is 5.82 Å². The van der Waals surface area contributed by atoms with E-state index in [-0.39, 0.29) is 11.3 Å². The minimum atomic E-state index is -0.464. The molecule has 0 unspecified atom stereocenters. The lowest BCUT2D eigenvalue weighted by molar-refractivity contribution is -0.116. The molecule has 0 fully saturated rings. The van der Waals surface area contributed by atoms with Gasteiger partial charge in [0.15, 0.2) is 10.9 Å². The molecule has 0 saturated carbocycles. The zero-order valence-electron chi connectivity index (χ0n) is 14.1. The number of ketones is 1. The smallest absolute Gasteiger partial charge is 0.257 e. The fourth-order valence-corrected chi connectivity index (χ4v) is 4.00. The number of hydrogen-bond acceptors (Lipinski definition) is 6. The molecule has 0 amide bonds. The van der Waals surface area contributed by atoms with Gasteiger partial charge in [0.2, 0.25) is 0 Å². The maximum absolute atomic E-state index is 12.8. The fraction of sp³-hybridized carbons (Fsp3) is 0.263. The van der Waals surface area contributed by atoms with E-state index >= 15 is 0 Å². The van der Waals surface area contributed by atoms with Gasteiger partial charge < -0.3 is 10.3 Å². The van der Waals surface area contributed by atoms with Gasteiger partial charge in [-0.2, -0.15) is 5.26 Å². The second kappa shape index (κ2) is 6.46. The lowest BCUT2D eigenvalue weighted by Crippen LogP contribution is -2.32. The van der Waals surface area contributed by atoms with Crippen LogP contribution in [-0.2, 0) is 4.79 Å². The van der Waals surface area contributed by atoms with Crippen LogP contribution < -0.4 is 10.9 Å². The second-order valence-electron chi connectivity index (χ2n) is 6.30. The molecule has 2 N–H and O–H groups in total. The maximum atomic E-state index is 12.8. The number of carbonyl (C=O) groups excluding carboxylic acids is 1. The Morgan fingerprint density at radius 1 is 1.23 bits per heavy atom. The molecular weight excluding hydrogens is 348 g/mol. The Balaban J connectivity index is 1.96. The van der Waals surface area contributed by atoms with Crippen LogP contribution in [0.15, 0.2) is 45.5 Å². The Kier molecular flexibility index (Phi) is 4.13. The predicted octanol–water partition coefficient (Wildman–Crippen LogP) is 2.93. The molecule has 2 aliphatic rings. The summed E-state index contributed by atoms with van der Waals surface area (Å²) in [5.41, 5.74) is 3.08. The lowest BCUT2D eigenvalue weighted by Gasteiger charge is -2.32. The Labute approximate surface area is 154 Å². The van der Waals surface area contributed by atoms with E-state index in [1.54, 1.807) is 12.1 Å². The molecule has 6 nitrogen and oxygen atoms in total. The number of carbonyl (C=O) groups is 1. The first kappa shape index (κ1) is 16.6. The SMILES string of the molecule is CSc1nc2c(c(=O)[nH]1)[C@@H](c1ccc(C#N)cc1)C1=C(CCCC1=O)N2. The summed E-state index contributed by atoms with van der Waals surface area (Å²) in [5.74, 6) is 0.113. The van der Waals surface area contributed by atoms with Gasteiger partial charge >= 0.3 is 0 Å². The van der Waals surface area contributed by atoms with Crippen LogP contribution in [0.25, 0.3) is 0 Å². The average Bonchev–Trinajstić information content (AvgIpc) is 2.66. The maximum Gasteiger partial charge on any atom is 0.257 e. The molecule has 1 aliphatic carbocycles. The summed E-state index contributed by atoms with van der Waals surface area (Å²) in [6, 6.07) is 9.14. The van der Waals surface area contributed by atoms with Crippen LogP contribution in [0.2, 0.25) is 0 Å². The van der Waals surface area contributed by atoms with Crippen LogP contribution in [-0.4, -0.2) is 22.0 Å². The van der Waals surface area contributed by atoms with Gasteiger partial charge in [-0.25, -0.2) is 4.98 Å². The quantitative estimate of drug-likeness (QED) is 0.628. The first-order valence-electron chi connectivity index (χ1n) is 8.34. The first-order chi connectivity index (χ1) is 12.6. The Morgan fingerprint density at radius 2 is 2.00 bits per heavy atom. The summed E-state index contributed by atoms with van der Waals surface area (Å²) in [4.78, 5) is 32.8. The summed E-state index contributed by atoms with van der Waals surface area (Å²) in [6.07, 6.45) is 3.88. The highest BCUT2D eigenvalue weighted by atomic mass is 32.2. The molecule has 2 aromatic rings. The van der Waals surface area contributed by atoms with E-state index in [1.807, 2.05) is 18.4 Å². The van der Waals surface area contributed by atoms with Gasteiger partial charge in [-0.3, -0.25) is 9.59 Å². The van der Waals surface area contributed by atoms with Crippen LogP contribution in [0.1, 0.15) is 41.9 Å². The minimum absolute atomic E-state index is 0.0621. The molecule has 0 spiro atoms. The van der Waals surface area contributed by atoms with E-state index in [9.17, 15) is 9.59 Å². The molecule has 1 aromatic carbocycles. The lowest BCUT2D eigenvalue weighted by atomic mass is 9.76. The van der Waals surface area contributed by atoms with Crippen molar-refractivity contribution >= 4 is 23.4 Å². The second-order valence-corrected chi connectivity index (χ2v) is 7.09. The number of aromatic amines is 1. The van der Waals surface area contributed by atoms with Gasteiger partial charge in [0.1, 0.15) is 5.82 Å². The molecule has 7 heteroatoms. The van der Waals surface area contributed by atoms with E-state index in [0.29, 0.717) is 34.1 Å². The van der Waals surface area contributed by atoms with Gasteiger partial charge in [0.25, 0.3) is 5.56 Å². The van der Waals surface area contributed by atoms with Crippen molar-refractivity contribution in [2.24, 2.45) is 0 Å². The van der Waals surface area contributed by atoms with Gasteiger partial charge in [0, 0.05) is 23.6 Å². The Hall–Kier alpha value is -2.85. The Morgan fingerprint density at radius 3 is 2.69 bits per heavy atom. The van der Waals surface area contributed by atoms with Crippen LogP contribution in [0.3, 0.4) is 0 Å². The minimum Gasteiger partial charge on any atom is -0.343 e. The third kappa shape index (κ3) is 2.63. The van der Waals surface area contributed by atoms with Gasteiger partial charge in [-0.15, -0.1) is 0 Å². The molecule has 1 aromatic heterocycles. The number of nitriles is 1. The van der Waals surface area contributed by atoms with Crippen molar-refractivity contribution in [3.63, 3.8) is 0 Å². The summed E-state index contributed by atoms with van der Waals surface area (Å²) >= 11 is 1.36. The molecule has 130 valence electrons. The van der Waals surface area contributed by atoms with Crippen LogP contribution >= 0.6 is 11.8 Å². The number of benzene rings is 1. The van der Waals surface area contributed by atoms with Crippen molar-refractivity contribution in [1.82, 2.24) is 9.97 Å². The molecule has 1 aliphatic heterocycles. The van der Waals surface area contributed by atoms with Crippen molar-refractivity contribution in [2.75, 3.05) is 11.6 Å². The first-order valence-corrected chi connectivity index (χ1v) is 9.56. The monoisotopic (exact) mass is 364 g/mol. The summed E-state index contributed by atoms with van der Waals surface area (Å²) in [6.45, 7) is 0. The standard InChI is InChI=1S/C19H16N4O2S/c1-26-19-22-17-16(18(25)23-19)14(11-7-5-10(9-20)6-8-11)15-12(21-17)3-2-4-13(15)24/h5-8,14H,2-4H2,1H3,(H2,21,22,23,25)/t14-/m0/s1. The van der Waals surface area contributed by atoms with Crippen molar-refractivity contribution in [2.45, 2.75) is 30.3 Å². The number of Topliss-reactive ketones (excluding diaryl/α,β-unsaturated/α-hetero) is 1. The molecule has 0 saturated heterocycles. The number of allylic oxidation sites excluding steroid dienone is 2. The van der Waals surface area contributed by atoms with E-state index < -0.39 is 5.92 Å². The number of thioether (sulfide) groups is 1. The topological polar surface area (TPSA) is 98.6 Å². The summed E-state index contributed by atoms with van der Waals surface area (Å²) in [5, 5.41) is 12.8. The van der Waals surface area contributed by atoms with E-state index in [1.165, 1.54) is 11.8 Å². The molecule has 0 bridgehead atoms. The largest absolute Gasteiger partial charge is 0.343 e. The highest BCUT2D eigenvalue weighted by molar-refractivity contribution is 7.98. The molecule has 26 heavy (non-hydrogen) atoms.